The molecule has 1 fully saturated rings. The fourth-order valence-corrected chi connectivity index (χ4v) is 2.84. The highest BCUT2D eigenvalue weighted by atomic mass is 16.3. The van der Waals surface area contributed by atoms with Crippen LogP contribution >= 0.6 is 0 Å². The van der Waals surface area contributed by atoms with Crippen LogP contribution < -0.4 is 5.32 Å². The summed E-state index contributed by atoms with van der Waals surface area (Å²) in [6.07, 6.45) is 1.98. The summed E-state index contributed by atoms with van der Waals surface area (Å²) in [5, 5.41) is 5.27. The van der Waals surface area contributed by atoms with Crippen LogP contribution in [0.3, 0.4) is 0 Å². The summed E-state index contributed by atoms with van der Waals surface area (Å²) < 4.78 is 0. The van der Waals surface area contributed by atoms with E-state index in [1.165, 1.54) is 12.5 Å². The van der Waals surface area contributed by atoms with E-state index in [0.29, 0.717) is 12.5 Å². The minimum atomic E-state index is -1.41. The second-order valence-corrected chi connectivity index (χ2v) is 6.07. The molecule has 6 heteroatoms. The molecule has 0 saturated carbocycles. The summed E-state index contributed by atoms with van der Waals surface area (Å²) in [4.78, 5) is 35.8. The van der Waals surface area contributed by atoms with Gasteiger partial charge < -0.3 is 5.32 Å². The average molecular weight is 317 g/mol. The van der Waals surface area contributed by atoms with E-state index < -0.39 is 17.7 Å². The van der Waals surface area contributed by atoms with Gasteiger partial charge >= 0.3 is 0 Å². The molecule has 2 rings (SSSR count). The molecule has 1 unspecified atom stereocenters. The Kier molecular flexibility index (Phi) is 6.40. The molecule has 0 spiro atoms. The van der Waals surface area contributed by atoms with Crippen molar-refractivity contribution in [2.75, 3.05) is 19.6 Å². The van der Waals surface area contributed by atoms with Crippen LogP contribution in [0.2, 0.25) is 0 Å². The number of Topliss-reactive ketones (excluding diaryl/α,β-unsaturated/α-hetero) is 1. The quantitative estimate of drug-likeness (QED) is 0.614. The molecule has 1 aliphatic heterocycles. The number of benzene rings is 1. The van der Waals surface area contributed by atoms with Gasteiger partial charge in [-0.3, -0.25) is 14.5 Å². The molecule has 1 N–H and O–H groups in total. The molecule has 23 heavy (non-hydrogen) atoms. The first-order valence-corrected chi connectivity index (χ1v) is 7.97. The number of piperidine rings is 1. The minimum absolute atomic E-state index is 0.380. The Balaban J connectivity index is 1.71. The van der Waals surface area contributed by atoms with Crippen molar-refractivity contribution in [2.24, 2.45) is 11.1 Å². The van der Waals surface area contributed by atoms with E-state index in [1.807, 2.05) is 18.2 Å². The van der Waals surface area contributed by atoms with Gasteiger partial charge in [-0.05, 0) is 49.5 Å². The number of nitrogens with one attached hydrogen (secondary N) is 1. The van der Waals surface area contributed by atoms with Crippen molar-refractivity contribution in [1.29, 1.82) is 0 Å². The molecule has 1 amide bonds. The molecule has 1 atom stereocenters. The molecule has 1 saturated heterocycles. The SMILES string of the molecule is CC(=O)C(N=O)C(=O)NCC1CCN(Cc2ccccc2)CC1. The van der Waals surface area contributed by atoms with E-state index in [2.05, 4.69) is 27.5 Å². The van der Waals surface area contributed by atoms with Gasteiger partial charge in [-0.25, -0.2) is 0 Å². The molecule has 0 aliphatic carbocycles. The lowest BCUT2D eigenvalue weighted by Crippen LogP contribution is -2.42. The van der Waals surface area contributed by atoms with Gasteiger partial charge in [0.05, 0.1) is 0 Å². The van der Waals surface area contributed by atoms with Crippen LogP contribution in [0.5, 0.6) is 0 Å². The van der Waals surface area contributed by atoms with Crippen LogP contribution in [0, 0.1) is 10.8 Å². The number of amides is 1. The van der Waals surface area contributed by atoms with Crippen LogP contribution in [-0.4, -0.2) is 42.3 Å². The lowest BCUT2D eigenvalue weighted by atomic mass is 9.96. The smallest absolute Gasteiger partial charge is 0.256 e. The molecule has 124 valence electrons. The maximum atomic E-state index is 11.7. The van der Waals surface area contributed by atoms with E-state index in [4.69, 9.17) is 0 Å². The van der Waals surface area contributed by atoms with Crippen molar-refractivity contribution in [3.63, 3.8) is 0 Å². The summed E-state index contributed by atoms with van der Waals surface area (Å²) in [5.74, 6) is -0.723. The second kappa shape index (κ2) is 8.53. The Bertz CT molecular complexity index is 539. The summed E-state index contributed by atoms with van der Waals surface area (Å²) in [7, 11) is 0. The zero-order chi connectivity index (χ0) is 16.7. The second-order valence-electron chi connectivity index (χ2n) is 6.07. The lowest BCUT2D eigenvalue weighted by molar-refractivity contribution is -0.129. The van der Waals surface area contributed by atoms with Crippen LogP contribution in [-0.2, 0) is 16.1 Å². The number of nitrogens with zero attached hydrogens (tertiary/aromatic N) is 2. The van der Waals surface area contributed by atoms with Gasteiger partial charge in [0.1, 0.15) is 0 Å². The summed E-state index contributed by atoms with van der Waals surface area (Å²) in [6, 6.07) is 8.95. The average Bonchev–Trinajstić information content (AvgIpc) is 2.55. The molecule has 0 radical (unpaired) electrons. The summed E-state index contributed by atoms with van der Waals surface area (Å²) in [6.45, 7) is 4.61. The molecule has 1 aliphatic rings. The topological polar surface area (TPSA) is 78.8 Å². The lowest BCUT2D eigenvalue weighted by Gasteiger charge is -2.32. The van der Waals surface area contributed by atoms with Gasteiger partial charge in [0, 0.05) is 13.1 Å². The Morgan fingerprint density at radius 2 is 1.91 bits per heavy atom. The predicted molar refractivity (Wildman–Crippen MR) is 87.7 cm³/mol. The van der Waals surface area contributed by atoms with Gasteiger partial charge in [0.2, 0.25) is 6.04 Å². The van der Waals surface area contributed by atoms with E-state index >= 15 is 0 Å². The van der Waals surface area contributed by atoms with Crippen LogP contribution in [0.4, 0.5) is 0 Å². The number of carbonyl (C=O) groups is 2. The van der Waals surface area contributed by atoms with Gasteiger partial charge in [-0.2, -0.15) is 0 Å². The minimum Gasteiger partial charge on any atom is -0.353 e. The zero-order valence-electron chi connectivity index (χ0n) is 13.4. The molecule has 0 aromatic heterocycles. The number of ketones is 1. The highest BCUT2D eigenvalue weighted by molar-refractivity contribution is 6.04. The number of hydrogen-bond acceptors (Lipinski definition) is 5. The third-order valence-corrected chi connectivity index (χ3v) is 4.26. The number of likely N-dealkylation sites (tertiary alicyclic amines) is 1. The molecular formula is C17H23N3O3. The molecule has 6 nitrogen and oxygen atoms in total. The maximum absolute atomic E-state index is 11.7. The number of hydrogen-bond donors (Lipinski definition) is 1. The fourth-order valence-electron chi connectivity index (χ4n) is 2.84. The molecular weight excluding hydrogens is 294 g/mol. The standard InChI is InChI=1S/C17H23N3O3/c1-13(21)16(19-23)17(22)18-11-14-7-9-20(10-8-14)12-15-5-3-2-4-6-15/h2-6,14,16H,7-12H2,1H3,(H,18,22). The van der Waals surface area contributed by atoms with Gasteiger partial charge in [0.25, 0.3) is 5.91 Å². The summed E-state index contributed by atoms with van der Waals surface area (Å²) >= 11 is 0. The first-order chi connectivity index (χ1) is 11.1. The van der Waals surface area contributed by atoms with E-state index in [1.54, 1.807) is 0 Å². The van der Waals surface area contributed by atoms with E-state index in [9.17, 15) is 14.5 Å². The van der Waals surface area contributed by atoms with Crippen LogP contribution in [0.25, 0.3) is 0 Å². The van der Waals surface area contributed by atoms with E-state index in [-0.39, 0.29) is 0 Å². The number of nitroso groups, excluding NO2 is 1. The normalized spacial score (nSPS) is 17.4. The molecule has 1 aromatic rings. The first kappa shape index (κ1) is 17.3. The number of carbonyl (C=O) groups excluding carboxylic acids is 2. The fraction of sp³-hybridized carbons (Fsp3) is 0.529. The van der Waals surface area contributed by atoms with Crippen molar-refractivity contribution in [1.82, 2.24) is 10.2 Å². The first-order valence-electron chi connectivity index (χ1n) is 7.97. The Morgan fingerprint density at radius 3 is 2.48 bits per heavy atom. The maximum Gasteiger partial charge on any atom is 0.256 e. The highest BCUT2D eigenvalue weighted by Gasteiger charge is 2.25. The highest BCUT2D eigenvalue weighted by Crippen LogP contribution is 2.18. The van der Waals surface area contributed by atoms with Crippen molar-refractivity contribution >= 4 is 11.7 Å². The summed E-state index contributed by atoms with van der Waals surface area (Å²) in [5.41, 5.74) is 1.31. The Labute approximate surface area is 136 Å². The van der Waals surface area contributed by atoms with Gasteiger partial charge in [-0.1, -0.05) is 30.3 Å². The van der Waals surface area contributed by atoms with Gasteiger partial charge in [0.15, 0.2) is 5.78 Å². The van der Waals surface area contributed by atoms with Crippen molar-refractivity contribution in [3.8, 4) is 0 Å². The van der Waals surface area contributed by atoms with Gasteiger partial charge in [-0.15, -0.1) is 4.91 Å². The Morgan fingerprint density at radius 1 is 1.26 bits per heavy atom. The van der Waals surface area contributed by atoms with Crippen LogP contribution in [0.1, 0.15) is 25.3 Å². The molecule has 1 heterocycles. The monoisotopic (exact) mass is 317 g/mol. The largest absolute Gasteiger partial charge is 0.353 e. The Hall–Kier alpha value is -2.08. The van der Waals surface area contributed by atoms with E-state index in [0.717, 1.165) is 32.5 Å². The molecule has 0 bridgehead atoms. The zero-order valence-corrected chi connectivity index (χ0v) is 13.4. The van der Waals surface area contributed by atoms with Crippen molar-refractivity contribution in [2.45, 2.75) is 32.4 Å². The van der Waals surface area contributed by atoms with Crippen molar-refractivity contribution < 1.29 is 9.59 Å². The third kappa shape index (κ3) is 5.25. The molecule has 1 aromatic carbocycles. The predicted octanol–water partition coefficient (Wildman–Crippen LogP) is 1.74. The van der Waals surface area contributed by atoms with Crippen molar-refractivity contribution in [3.05, 3.63) is 40.8 Å². The third-order valence-electron chi connectivity index (χ3n) is 4.26. The number of rotatable bonds is 7. The van der Waals surface area contributed by atoms with Crippen LogP contribution in [0.15, 0.2) is 35.5 Å².